The lowest BCUT2D eigenvalue weighted by molar-refractivity contribution is -0.149. The smallest absolute Gasteiger partial charge is 0.306 e. The van der Waals surface area contributed by atoms with E-state index in [0.717, 1.165) is 58.2 Å². The molecule has 2 aromatic rings. The highest BCUT2D eigenvalue weighted by Crippen LogP contribution is 2.53. The predicted molar refractivity (Wildman–Crippen MR) is 161 cm³/mol. The molecule has 3 unspecified atom stereocenters. The van der Waals surface area contributed by atoms with Crippen molar-refractivity contribution in [3.63, 3.8) is 0 Å². The Bertz CT molecular complexity index is 1370. The second kappa shape index (κ2) is 12.1. The number of aromatic nitrogens is 1. The SMILES string of the molecule is CCC1(CC(=O)OCc2nc(CSc3cccc4c3CN(C3CCC(=O)NC3=O)C4=O)cs2)CC2CC(C)CC(C2)C1. The van der Waals surface area contributed by atoms with Crippen LogP contribution in [0.2, 0.25) is 0 Å². The first kappa shape index (κ1) is 29.4. The predicted octanol–water partition coefficient (Wildman–Crippen LogP) is 5.87. The fourth-order valence-electron chi connectivity index (χ4n) is 7.92. The van der Waals surface area contributed by atoms with Crippen molar-refractivity contribution >= 4 is 46.8 Å². The van der Waals surface area contributed by atoms with Crippen LogP contribution in [0.1, 0.15) is 98.3 Å². The van der Waals surface area contributed by atoms with Crippen LogP contribution in [-0.4, -0.2) is 39.6 Å². The number of hydrogen-bond donors (Lipinski definition) is 1. The summed E-state index contributed by atoms with van der Waals surface area (Å²) in [6.45, 7) is 5.15. The minimum absolute atomic E-state index is 0.0839. The van der Waals surface area contributed by atoms with Crippen molar-refractivity contribution in [3.05, 3.63) is 45.4 Å². The second-order valence-corrected chi connectivity index (χ2v) is 14.8. The molecular weight excluding hydrogens is 571 g/mol. The number of rotatable bonds is 9. The second-order valence-electron chi connectivity index (χ2n) is 12.8. The van der Waals surface area contributed by atoms with Crippen LogP contribution in [0.15, 0.2) is 28.5 Å². The number of hydrogen-bond acceptors (Lipinski definition) is 8. The Morgan fingerprint density at radius 3 is 2.71 bits per heavy atom. The maximum Gasteiger partial charge on any atom is 0.306 e. The number of thiazole rings is 1. The number of esters is 1. The molecular formula is C32H39N3O5S2. The van der Waals surface area contributed by atoms with Gasteiger partial charge in [0.05, 0.1) is 12.1 Å². The number of carbonyl (C=O) groups excluding carboxylic acids is 4. The molecule has 1 aromatic heterocycles. The van der Waals surface area contributed by atoms with Crippen molar-refractivity contribution in [2.45, 2.75) is 101 Å². The van der Waals surface area contributed by atoms with Crippen LogP contribution in [0.3, 0.4) is 0 Å². The third-order valence-electron chi connectivity index (χ3n) is 9.72. The first-order valence-electron chi connectivity index (χ1n) is 15.2. The minimum atomic E-state index is -0.627. The summed E-state index contributed by atoms with van der Waals surface area (Å²) >= 11 is 3.11. The van der Waals surface area contributed by atoms with Gasteiger partial charge >= 0.3 is 5.97 Å². The van der Waals surface area contributed by atoms with Crippen LogP contribution >= 0.6 is 23.1 Å². The molecule has 1 saturated heterocycles. The third kappa shape index (κ3) is 6.16. The van der Waals surface area contributed by atoms with Crippen LogP contribution < -0.4 is 5.32 Å². The van der Waals surface area contributed by atoms with Crippen LogP contribution in [0.4, 0.5) is 0 Å². The largest absolute Gasteiger partial charge is 0.458 e. The maximum atomic E-state index is 13.1. The van der Waals surface area contributed by atoms with Crippen LogP contribution in [0, 0.1) is 23.2 Å². The summed E-state index contributed by atoms with van der Waals surface area (Å²) in [5, 5.41) is 5.14. The fraction of sp³-hybridized carbons (Fsp3) is 0.594. The summed E-state index contributed by atoms with van der Waals surface area (Å²) in [7, 11) is 0. The molecule has 6 rings (SSSR count). The quantitative estimate of drug-likeness (QED) is 0.215. The Morgan fingerprint density at radius 2 is 1.98 bits per heavy atom. The molecule has 0 spiro atoms. The number of ether oxygens (including phenoxy) is 1. The lowest BCUT2D eigenvalue weighted by Crippen LogP contribution is -2.52. The van der Waals surface area contributed by atoms with Crippen molar-refractivity contribution in [3.8, 4) is 0 Å². The first-order valence-corrected chi connectivity index (χ1v) is 17.1. The summed E-state index contributed by atoms with van der Waals surface area (Å²) in [5.41, 5.74) is 2.50. The highest BCUT2D eigenvalue weighted by molar-refractivity contribution is 7.98. The van der Waals surface area contributed by atoms with Gasteiger partial charge in [-0.2, -0.15) is 0 Å². The Morgan fingerprint density at radius 1 is 1.19 bits per heavy atom. The fourth-order valence-corrected chi connectivity index (χ4v) is 9.71. The molecule has 3 heterocycles. The average Bonchev–Trinajstić information content (AvgIpc) is 3.54. The van der Waals surface area contributed by atoms with E-state index < -0.39 is 11.9 Å². The topological polar surface area (TPSA) is 106 Å². The molecule has 8 nitrogen and oxygen atoms in total. The number of nitrogens with zero attached hydrogens (tertiary/aromatic N) is 2. The van der Waals surface area contributed by atoms with Crippen LogP contribution in [-0.2, 0) is 38.0 Å². The van der Waals surface area contributed by atoms with E-state index in [1.54, 1.807) is 22.7 Å². The average molecular weight is 610 g/mol. The number of piperidine rings is 1. The molecule has 3 atom stereocenters. The van der Waals surface area contributed by atoms with Gasteiger partial charge in [-0.15, -0.1) is 23.1 Å². The molecule has 1 N–H and O–H groups in total. The van der Waals surface area contributed by atoms with Gasteiger partial charge in [0, 0.05) is 34.6 Å². The highest BCUT2D eigenvalue weighted by atomic mass is 32.2. The maximum absolute atomic E-state index is 13.1. The van der Waals surface area contributed by atoms with Gasteiger partial charge in [0.1, 0.15) is 17.7 Å². The van der Waals surface area contributed by atoms with E-state index in [0.29, 0.717) is 30.7 Å². The van der Waals surface area contributed by atoms with Gasteiger partial charge < -0.3 is 9.64 Å². The summed E-state index contributed by atoms with van der Waals surface area (Å²) in [5.74, 6) is 1.96. The number of benzene rings is 1. The van der Waals surface area contributed by atoms with Crippen molar-refractivity contribution in [1.82, 2.24) is 15.2 Å². The summed E-state index contributed by atoms with van der Waals surface area (Å²) in [6, 6.07) is 5.02. The number of fused-ring (bicyclic) bond motifs is 3. The van der Waals surface area contributed by atoms with E-state index in [1.807, 2.05) is 17.5 Å². The number of amides is 3. The monoisotopic (exact) mass is 609 g/mol. The molecule has 10 heteroatoms. The molecule has 42 heavy (non-hydrogen) atoms. The van der Waals surface area contributed by atoms with Gasteiger partial charge in [-0.25, -0.2) is 4.98 Å². The van der Waals surface area contributed by atoms with Crippen molar-refractivity contribution in [1.29, 1.82) is 0 Å². The highest BCUT2D eigenvalue weighted by Gasteiger charge is 2.44. The normalized spacial score (nSPS) is 28.9. The molecule has 4 aliphatic rings. The molecule has 224 valence electrons. The van der Waals surface area contributed by atoms with Gasteiger partial charge in [0.15, 0.2) is 0 Å². The number of imide groups is 1. The number of nitrogens with one attached hydrogen (secondary N) is 1. The van der Waals surface area contributed by atoms with Crippen molar-refractivity contribution < 1.29 is 23.9 Å². The van der Waals surface area contributed by atoms with Gasteiger partial charge in [-0.05, 0) is 85.8 Å². The van der Waals surface area contributed by atoms with E-state index in [9.17, 15) is 19.2 Å². The van der Waals surface area contributed by atoms with E-state index >= 15 is 0 Å². The minimum Gasteiger partial charge on any atom is -0.458 e. The molecule has 3 amide bonds. The lowest BCUT2D eigenvalue weighted by Gasteiger charge is -2.48. The summed E-state index contributed by atoms with van der Waals surface area (Å²) in [6.07, 6.45) is 8.35. The van der Waals surface area contributed by atoms with Gasteiger partial charge in [0.25, 0.3) is 5.91 Å². The zero-order valence-corrected chi connectivity index (χ0v) is 26.0. The van der Waals surface area contributed by atoms with E-state index in [2.05, 4.69) is 19.2 Å². The standard InChI is InChI=1S/C32H39N3O5S2/c1-3-32(12-20-9-19(2)10-21(11-20)13-32)14-29(37)40-16-28-33-22(18-42-28)17-41-26-6-4-5-23-24(26)15-35(31(23)39)25-7-8-27(36)34-30(25)38/h4-6,18-21,25H,3,7-17H2,1-2H3,(H,34,36,38). The van der Waals surface area contributed by atoms with Gasteiger partial charge in [-0.1, -0.05) is 19.9 Å². The molecule has 2 aliphatic carbocycles. The number of carbonyl (C=O) groups is 4. The van der Waals surface area contributed by atoms with Crippen LogP contribution in [0.25, 0.3) is 0 Å². The number of thioether (sulfide) groups is 1. The van der Waals surface area contributed by atoms with Crippen molar-refractivity contribution in [2.24, 2.45) is 23.2 Å². The van der Waals surface area contributed by atoms with E-state index in [4.69, 9.17) is 9.72 Å². The Labute approximate surface area is 255 Å². The molecule has 0 radical (unpaired) electrons. The van der Waals surface area contributed by atoms with Crippen molar-refractivity contribution in [2.75, 3.05) is 0 Å². The molecule has 3 fully saturated rings. The summed E-state index contributed by atoms with van der Waals surface area (Å²) < 4.78 is 5.74. The molecule has 2 saturated carbocycles. The molecule has 2 bridgehead atoms. The van der Waals surface area contributed by atoms with Crippen LogP contribution in [0.5, 0.6) is 0 Å². The molecule has 2 aliphatic heterocycles. The summed E-state index contributed by atoms with van der Waals surface area (Å²) in [4.78, 5) is 57.3. The first-order chi connectivity index (χ1) is 20.2. The lowest BCUT2D eigenvalue weighted by atomic mass is 9.57. The zero-order valence-electron chi connectivity index (χ0n) is 24.4. The Balaban J connectivity index is 1.02. The van der Waals surface area contributed by atoms with Gasteiger partial charge in [0.2, 0.25) is 11.8 Å². The Kier molecular flexibility index (Phi) is 8.46. The Hall–Kier alpha value is -2.72. The third-order valence-corrected chi connectivity index (χ3v) is 11.7. The van der Waals surface area contributed by atoms with Gasteiger partial charge in [-0.3, -0.25) is 24.5 Å². The van der Waals surface area contributed by atoms with E-state index in [-0.39, 0.29) is 36.2 Å². The zero-order chi connectivity index (χ0) is 29.4. The molecule has 1 aromatic carbocycles. The van der Waals surface area contributed by atoms with E-state index in [1.165, 1.54) is 30.6 Å².